The van der Waals surface area contributed by atoms with Gasteiger partial charge in [0, 0.05) is 21.6 Å². The molecule has 0 bridgehead atoms. The molecule has 0 amide bonds. The molecule has 1 unspecified atom stereocenters. The van der Waals surface area contributed by atoms with Gasteiger partial charge in [0.05, 0.1) is 25.2 Å². The topological polar surface area (TPSA) is 22.0 Å². The third-order valence-electron chi connectivity index (χ3n) is 5.08. The summed E-state index contributed by atoms with van der Waals surface area (Å²) in [6, 6.07) is 33.6. The van der Waals surface area contributed by atoms with Crippen LogP contribution in [0.5, 0.6) is 0 Å². The van der Waals surface area contributed by atoms with Gasteiger partial charge in [0.2, 0.25) is 0 Å². The van der Waals surface area contributed by atoms with Crippen LogP contribution in [0.25, 0.3) is 38.6 Å². The molecule has 0 radical (unpaired) electrons. The smallest absolute Gasteiger partial charge is 0.0921 e. The van der Waals surface area contributed by atoms with Crippen molar-refractivity contribution in [2.24, 2.45) is 0 Å². The number of para-hydroxylation sites is 3. The molecule has 27 heavy (non-hydrogen) atoms. The van der Waals surface area contributed by atoms with E-state index in [0.717, 1.165) is 22.1 Å². The van der Waals surface area contributed by atoms with Crippen LogP contribution in [0.15, 0.2) is 97.1 Å². The molecule has 5 aromatic rings. The van der Waals surface area contributed by atoms with E-state index in [0.29, 0.717) is 0 Å². The van der Waals surface area contributed by atoms with Crippen LogP contribution in [0.4, 0.5) is 0 Å². The summed E-state index contributed by atoms with van der Waals surface area (Å²) < 4.78 is 13.5. The highest BCUT2D eigenvalue weighted by atomic mass is 31.1. The quantitative estimate of drug-likeness (QED) is 0.368. The summed E-state index contributed by atoms with van der Waals surface area (Å²) in [6.45, 7) is 0. The number of nitrogens with zero attached hydrogens (tertiary/aromatic N) is 1. The Labute approximate surface area is 158 Å². The lowest BCUT2D eigenvalue weighted by Gasteiger charge is -2.14. The van der Waals surface area contributed by atoms with Crippen molar-refractivity contribution in [2.45, 2.75) is 0 Å². The first-order chi connectivity index (χ1) is 13.4. The Balaban J connectivity index is 1.84. The molecule has 1 heterocycles. The Bertz CT molecular complexity index is 1230. The highest BCUT2D eigenvalue weighted by molar-refractivity contribution is 7.34. The van der Waals surface area contributed by atoms with E-state index in [9.17, 15) is 4.57 Å². The Morgan fingerprint density at radius 1 is 0.593 bits per heavy atom. The number of benzene rings is 4. The minimum absolute atomic E-state index is 0.895. The largest absolute Gasteiger partial charge is 0.325 e. The fraction of sp³-hybridized carbons (Fsp3) is 0. The predicted octanol–water partition coefficient (Wildman–Crippen LogP) is 5.83. The molecule has 130 valence electrons. The molecule has 0 aliphatic rings. The van der Waals surface area contributed by atoms with Gasteiger partial charge >= 0.3 is 0 Å². The van der Waals surface area contributed by atoms with Gasteiger partial charge in [-0.15, -0.1) is 0 Å². The summed E-state index contributed by atoms with van der Waals surface area (Å²) in [5.74, 6) is 0. The Kier molecular flexibility index (Phi) is 3.92. The third-order valence-corrected chi connectivity index (χ3v) is 5.74. The van der Waals surface area contributed by atoms with E-state index in [2.05, 4.69) is 89.5 Å². The molecule has 2 nitrogen and oxygen atoms in total. The lowest BCUT2D eigenvalue weighted by molar-refractivity contribution is 0.603. The maximum Gasteiger partial charge on any atom is 0.0921 e. The number of rotatable bonds is 3. The van der Waals surface area contributed by atoms with E-state index in [1.807, 2.05) is 12.1 Å². The van der Waals surface area contributed by atoms with Gasteiger partial charge in [0.1, 0.15) is 0 Å². The van der Waals surface area contributed by atoms with Gasteiger partial charge in [-0.2, -0.15) is 0 Å². The van der Waals surface area contributed by atoms with Gasteiger partial charge in [-0.1, -0.05) is 78.9 Å². The molecule has 0 aliphatic heterocycles. The molecule has 0 saturated heterocycles. The van der Waals surface area contributed by atoms with Crippen LogP contribution in [0.2, 0.25) is 0 Å². The van der Waals surface area contributed by atoms with Crippen LogP contribution in [0, 0.1) is 0 Å². The lowest BCUT2D eigenvalue weighted by atomic mass is 10.0. The fourth-order valence-corrected chi connectivity index (χ4v) is 4.19. The Morgan fingerprint density at radius 3 is 1.78 bits per heavy atom. The molecule has 5 rings (SSSR count). The van der Waals surface area contributed by atoms with Crippen LogP contribution < -0.4 is 5.30 Å². The van der Waals surface area contributed by atoms with E-state index in [1.165, 1.54) is 21.8 Å². The molecule has 3 heteroatoms. The summed E-state index contributed by atoms with van der Waals surface area (Å²) in [6.07, 6.45) is 0. The summed E-state index contributed by atoms with van der Waals surface area (Å²) in [7, 11) is -0.895. The zero-order valence-corrected chi connectivity index (χ0v) is 15.8. The molecule has 1 atom stereocenters. The maximum atomic E-state index is 11.2. The molecular formula is C24H18NOP. The van der Waals surface area contributed by atoms with Crippen LogP contribution in [0.3, 0.4) is 0 Å². The standard InChI is InChI=1S/C24H18NOP/c26-27-18-15-13-17(14-16-18)19-7-1-4-10-22(19)25-23-11-5-2-8-20(23)21-9-3-6-12-24(21)25/h1-16H,27H2. The van der Waals surface area contributed by atoms with Gasteiger partial charge in [-0.05, 0) is 23.8 Å². The second kappa shape index (κ2) is 6.57. The van der Waals surface area contributed by atoms with Crippen LogP contribution in [-0.2, 0) is 4.57 Å². The molecule has 0 spiro atoms. The van der Waals surface area contributed by atoms with Crippen molar-refractivity contribution in [2.75, 3.05) is 0 Å². The second-order valence-corrected chi connectivity index (χ2v) is 7.53. The minimum atomic E-state index is -0.895. The zero-order chi connectivity index (χ0) is 18.2. The first kappa shape index (κ1) is 16.1. The lowest BCUT2D eigenvalue weighted by Crippen LogP contribution is -1.97. The normalized spacial score (nSPS) is 11.7. The zero-order valence-electron chi connectivity index (χ0n) is 14.7. The number of fused-ring (bicyclic) bond motifs is 3. The third kappa shape index (κ3) is 2.61. The van der Waals surface area contributed by atoms with Gasteiger partial charge in [0.25, 0.3) is 0 Å². The van der Waals surface area contributed by atoms with Crippen molar-refractivity contribution in [3.8, 4) is 16.8 Å². The van der Waals surface area contributed by atoms with Crippen molar-refractivity contribution in [3.63, 3.8) is 0 Å². The summed E-state index contributed by atoms with van der Waals surface area (Å²) in [4.78, 5) is 0. The predicted molar refractivity (Wildman–Crippen MR) is 116 cm³/mol. The molecule has 0 fully saturated rings. The SMILES string of the molecule is O=[PH2]c1ccc(-c2ccccc2-n2c3ccccc3c3ccccc32)cc1. The average Bonchev–Trinajstić information content (AvgIpc) is 3.08. The second-order valence-electron chi connectivity index (χ2n) is 6.63. The summed E-state index contributed by atoms with van der Waals surface area (Å²) >= 11 is 0. The van der Waals surface area contributed by atoms with Crippen molar-refractivity contribution < 1.29 is 4.57 Å². The maximum absolute atomic E-state index is 11.2. The van der Waals surface area contributed by atoms with Crippen molar-refractivity contribution in [1.82, 2.24) is 4.57 Å². The summed E-state index contributed by atoms with van der Waals surface area (Å²) in [5, 5.41) is 3.41. The van der Waals surface area contributed by atoms with Crippen LogP contribution in [-0.4, -0.2) is 4.57 Å². The first-order valence-corrected chi connectivity index (χ1v) is 10.0. The molecule has 1 aromatic heterocycles. The van der Waals surface area contributed by atoms with Crippen molar-refractivity contribution in [3.05, 3.63) is 97.1 Å². The fourth-order valence-electron chi connectivity index (χ4n) is 3.84. The first-order valence-electron chi connectivity index (χ1n) is 9.00. The van der Waals surface area contributed by atoms with E-state index in [1.54, 1.807) is 0 Å². The number of aromatic nitrogens is 1. The van der Waals surface area contributed by atoms with Gasteiger partial charge in [-0.3, -0.25) is 0 Å². The molecule has 0 aliphatic carbocycles. The van der Waals surface area contributed by atoms with E-state index in [4.69, 9.17) is 0 Å². The Morgan fingerprint density at radius 2 is 1.15 bits per heavy atom. The van der Waals surface area contributed by atoms with E-state index < -0.39 is 8.46 Å². The molecule has 0 N–H and O–H groups in total. The van der Waals surface area contributed by atoms with Crippen LogP contribution in [0.1, 0.15) is 0 Å². The van der Waals surface area contributed by atoms with E-state index in [-0.39, 0.29) is 0 Å². The van der Waals surface area contributed by atoms with Crippen molar-refractivity contribution in [1.29, 1.82) is 0 Å². The molecule has 0 saturated carbocycles. The van der Waals surface area contributed by atoms with Gasteiger partial charge in [-0.25, -0.2) is 0 Å². The molecule has 4 aromatic carbocycles. The number of hydrogen-bond acceptors (Lipinski definition) is 1. The highest BCUT2D eigenvalue weighted by Crippen LogP contribution is 2.35. The van der Waals surface area contributed by atoms with Gasteiger partial charge < -0.3 is 9.13 Å². The van der Waals surface area contributed by atoms with E-state index >= 15 is 0 Å². The monoisotopic (exact) mass is 367 g/mol. The Hall–Kier alpha value is -3.09. The average molecular weight is 367 g/mol. The van der Waals surface area contributed by atoms with Crippen molar-refractivity contribution >= 4 is 35.6 Å². The highest BCUT2D eigenvalue weighted by Gasteiger charge is 2.14. The minimum Gasteiger partial charge on any atom is -0.325 e. The summed E-state index contributed by atoms with van der Waals surface area (Å²) in [5.41, 5.74) is 5.84. The van der Waals surface area contributed by atoms with Crippen LogP contribution >= 0.6 is 8.46 Å². The number of hydrogen-bond donors (Lipinski definition) is 0. The van der Waals surface area contributed by atoms with Gasteiger partial charge in [0.15, 0.2) is 0 Å². The molecular weight excluding hydrogens is 349 g/mol.